The van der Waals surface area contributed by atoms with Gasteiger partial charge in [-0.15, -0.1) is 11.8 Å². The summed E-state index contributed by atoms with van der Waals surface area (Å²) in [5, 5.41) is 0. The molecule has 174 valence electrons. The van der Waals surface area contributed by atoms with E-state index in [1.807, 2.05) is 35.8 Å². The van der Waals surface area contributed by atoms with E-state index in [0.29, 0.717) is 12.5 Å². The van der Waals surface area contributed by atoms with Crippen molar-refractivity contribution in [2.24, 2.45) is 0 Å². The molecule has 6 heteroatoms. The van der Waals surface area contributed by atoms with E-state index >= 15 is 0 Å². The Bertz CT molecular complexity index is 1090. The standard InChI is InChI=1S/C27H31NO3S2/c1-18-12-22(30-9-5-10-32-4)13-19(2)27(18)23-14-20(6-7-24(23)29-3)17-31-26-15-25-21(16-28-26)8-11-33-25/h6-7,12-16H,5,8-11,17H2,1-4H3. The summed E-state index contributed by atoms with van der Waals surface area (Å²) < 4.78 is 17.7. The molecule has 0 atom stereocenters. The Balaban J connectivity index is 1.54. The zero-order valence-electron chi connectivity index (χ0n) is 19.8. The Morgan fingerprint density at radius 3 is 2.64 bits per heavy atom. The van der Waals surface area contributed by atoms with Gasteiger partial charge < -0.3 is 14.2 Å². The van der Waals surface area contributed by atoms with E-state index < -0.39 is 0 Å². The fourth-order valence-electron chi connectivity index (χ4n) is 4.14. The Morgan fingerprint density at radius 2 is 1.88 bits per heavy atom. The number of aryl methyl sites for hydroxylation is 3. The molecule has 0 saturated carbocycles. The predicted molar refractivity (Wildman–Crippen MR) is 139 cm³/mol. The van der Waals surface area contributed by atoms with Gasteiger partial charge in [0.2, 0.25) is 5.88 Å². The average molecular weight is 482 g/mol. The van der Waals surface area contributed by atoms with Crippen LogP contribution in [0.2, 0.25) is 0 Å². The first-order chi connectivity index (χ1) is 16.1. The molecular formula is C27H31NO3S2. The Morgan fingerprint density at radius 1 is 1.06 bits per heavy atom. The molecule has 0 saturated heterocycles. The zero-order chi connectivity index (χ0) is 23.2. The number of hydrogen-bond acceptors (Lipinski definition) is 6. The molecule has 0 fully saturated rings. The van der Waals surface area contributed by atoms with Crippen LogP contribution in [0.5, 0.6) is 17.4 Å². The molecule has 1 aromatic heterocycles. The third kappa shape index (κ3) is 5.79. The van der Waals surface area contributed by atoms with Crippen LogP contribution in [0.1, 0.15) is 28.7 Å². The molecule has 1 aliphatic rings. The van der Waals surface area contributed by atoms with Gasteiger partial charge in [0.25, 0.3) is 0 Å². The van der Waals surface area contributed by atoms with Gasteiger partial charge in [-0.3, -0.25) is 0 Å². The van der Waals surface area contributed by atoms with Crippen molar-refractivity contribution >= 4 is 23.5 Å². The van der Waals surface area contributed by atoms with E-state index in [1.54, 1.807) is 7.11 Å². The molecule has 0 unspecified atom stereocenters. The fraction of sp³-hybridized carbons (Fsp3) is 0.370. The number of thioether (sulfide) groups is 2. The van der Waals surface area contributed by atoms with Gasteiger partial charge in [-0.05, 0) is 90.8 Å². The lowest BCUT2D eigenvalue weighted by molar-refractivity contribution is 0.292. The summed E-state index contributed by atoms with van der Waals surface area (Å²) in [4.78, 5) is 5.77. The molecule has 0 aliphatic carbocycles. The quantitative estimate of drug-likeness (QED) is 0.299. The van der Waals surface area contributed by atoms with Crippen molar-refractivity contribution in [3.05, 3.63) is 64.8 Å². The number of aromatic nitrogens is 1. The molecule has 1 aliphatic heterocycles. The molecule has 2 aromatic carbocycles. The minimum absolute atomic E-state index is 0.460. The van der Waals surface area contributed by atoms with Gasteiger partial charge in [-0.25, -0.2) is 4.98 Å². The van der Waals surface area contributed by atoms with Gasteiger partial charge in [-0.2, -0.15) is 11.8 Å². The van der Waals surface area contributed by atoms with Crippen molar-refractivity contribution < 1.29 is 14.2 Å². The first kappa shape index (κ1) is 23.8. The highest BCUT2D eigenvalue weighted by molar-refractivity contribution is 7.99. The summed E-state index contributed by atoms with van der Waals surface area (Å²) in [5.74, 6) is 4.69. The fourth-order valence-corrected chi connectivity index (χ4v) is 5.61. The minimum Gasteiger partial charge on any atom is -0.496 e. The lowest BCUT2D eigenvalue weighted by Gasteiger charge is -2.17. The van der Waals surface area contributed by atoms with Gasteiger partial charge in [0, 0.05) is 28.5 Å². The molecule has 2 heterocycles. The first-order valence-electron chi connectivity index (χ1n) is 11.2. The highest BCUT2D eigenvalue weighted by atomic mass is 32.2. The second-order valence-corrected chi connectivity index (χ2v) is 10.3. The maximum Gasteiger partial charge on any atom is 0.214 e. The third-order valence-corrected chi connectivity index (χ3v) is 7.53. The summed E-state index contributed by atoms with van der Waals surface area (Å²) in [5.41, 5.74) is 6.99. The molecule has 4 nitrogen and oxygen atoms in total. The topological polar surface area (TPSA) is 40.6 Å². The predicted octanol–water partition coefficient (Wildman–Crippen LogP) is 6.73. The summed E-state index contributed by atoms with van der Waals surface area (Å²) in [6.07, 6.45) is 6.21. The van der Waals surface area contributed by atoms with Crippen molar-refractivity contribution in [3.8, 4) is 28.5 Å². The van der Waals surface area contributed by atoms with Crippen LogP contribution in [0.25, 0.3) is 11.1 Å². The third-order valence-electron chi connectivity index (χ3n) is 5.74. The minimum atomic E-state index is 0.460. The zero-order valence-corrected chi connectivity index (χ0v) is 21.4. The molecule has 3 aromatic rings. The lowest BCUT2D eigenvalue weighted by Crippen LogP contribution is -2.02. The lowest BCUT2D eigenvalue weighted by atomic mass is 9.93. The van der Waals surface area contributed by atoms with Gasteiger partial charge >= 0.3 is 0 Å². The number of rotatable bonds is 10. The van der Waals surface area contributed by atoms with Crippen molar-refractivity contribution in [1.29, 1.82) is 0 Å². The van der Waals surface area contributed by atoms with E-state index in [9.17, 15) is 0 Å². The van der Waals surface area contributed by atoms with Gasteiger partial charge in [0.15, 0.2) is 0 Å². The molecule has 0 N–H and O–H groups in total. The maximum absolute atomic E-state index is 6.04. The largest absolute Gasteiger partial charge is 0.496 e. The van der Waals surface area contributed by atoms with E-state index in [0.717, 1.165) is 53.6 Å². The molecule has 0 amide bonds. The molecule has 0 bridgehead atoms. The van der Waals surface area contributed by atoms with Crippen LogP contribution in [0.4, 0.5) is 0 Å². The summed E-state index contributed by atoms with van der Waals surface area (Å²) in [6, 6.07) is 12.5. The number of ether oxygens (including phenoxy) is 3. The van der Waals surface area contributed by atoms with Crippen LogP contribution in [0.15, 0.2) is 47.5 Å². The Hall–Kier alpha value is -2.31. The van der Waals surface area contributed by atoms with E-state index in [-0.39, 0.29) is 0 Å². The number of pyridine rings is 1. The Kier molecular flexibility index (Phi) is 8.10. The second-order valence-electron chi connectivity index (χ2n) is 8.18. The van der Waals surface area contributed by atoms with E-state index in [4.69, 9.17) is 14.2 Å². The van der Waals surface area contributed by atoms with E-state index in [2.05, 4.69) is 55.4 Å². The average Bonchev–Trinajstić information content (AvgIpc) is 3.28. The number of methoxy groups -OCH3 is 1. The first-order valence-corrected chi connectivity index (χ1v) is 13.6. The van der Waals surface area contributed by atoms with Crippen molar-refractivity contribution in [2.75, 3.05) is 31.5 Å². The second kappa shape index (κ2) is 11.2. The van der Waals surface area contributed by atoms with Crippen LogP contribution >= 0.6 is 23.5 Å². The summed E-state index contributed by atoms with van der Waals surface area (Å²) in [7, 11) is 1.72. The van der Waals surface area contributed by atoms with Crippen LogP contribution < -0.4 is 14.2 Å². The normalized spacial score (nSPS) is 12.5. The van der Waals surface area contributed by atoms with E-state index in [1.165, 1.54) is 27.1 Å². The highest BCUT2D eigenvalue weighted by Gasteiger charge is 2.16. The molecule has 33 heavy (non-hydrogen) atoms. The van der Waals surface area contributed by atoms with Crippen LogP contribution in [-0.4, -0.2) is 36.5 Å². The summed E-state index contributed by atoms with van der Waals surface area (Å²) in [6.45, 7) is 5.46. The number of fused-ring (bicyclic) bond motifs is 1. The Labute approximate surface area is 205 Å². The molecular weight excluding hydrogens is 450 g/mol. The molecule has 0 spiro atoms. The van der Waals surface area contributed by atoms with Crippen molar-refractivity contribution in [3.63, 3.8) is 0 Å². The van der Waals surface area contributed by atoms with Crippen molar-refractivity contribution in [1.82, 2.24) is 4.98 Å². The monoisotopic (exact) mass is 481 g/mol. The number of hydrogen-bond donors (Lipinski definition) is 0. The van der Waals surface area contributed by atoms with Gasteiger partial charge in [0.1, 0.15) is 18.1 Å². The number of benzene rings is 2. The van der Waals surface area contributed by atoms with Crippen LogP contribution in [0, 0.1) is 13.8 Å². The van der Waals surface area contributed by atoms with Gasteiger partial charge in [-0.1, -0.05) is 6.07 Å². The van der Waals surface area contributed by atoms with Crippen LogP contribution in [0.3, 0.4) is 0 Å². The number of nitrogens with zero attached hydrogens (tertiary/aromatic N) is 1. The SMILES string of the molecule is COc1ccc(COc2cc3c(cn2)CCS3)cc1-c1c(C)cc(OCCCSC)cc1C. The molecule has 4 rings (SSSR count). The highest BCUT2D eigenvalue weighted by Crippen LogP contribution is 2.38. The van der Waals surface area contributed by atoms with Gasteiger partial charge in [0.05, 0.1) is 13.7 Å². The molecule has 0 radical (unpaired) electrons. The van der Waals surface area contributed by atoms with Crippen molar-refractivity contribution in [2.45, 2.75) is 38.2 Å². The summed E-state index contributed by atoms with van der Waals surface area (Å²) >= 11 is 3.72. The maximum atomic E-state index is 6.04. The smallest absolute Gasteiger partial charge is 0.214 e. The van der Waals surface area contributed by atoms with Crippen LogP contribution in [-0.2, 0) is 13.0 Å².